The van der Waals surface area contributed by atoms with Gasteiger partial charge in [-0.15, -0.1) is 5.10 Å². The number of nitrogens with two attached hydrogens (primary N) is 1. The summed E-state index contributed by atoms with van der Waals surface area (Å²) in [6, 6.07) is 0. The number of H-pyrrole nitrogens is 1. The molecule has 0 aliphatic rings. The Hall–Kier alpha value is -1.14. The van der Waals surface area contributed by atoms with Crippen LogP contribution in [0.15, 0.2) is 0 Å². The highest BCUT2D eigenvalue weighted by molar-refractivity contribution is 5.25. The molecule has 1 heterocycles. The van der Waals surface area contributed by atoms with E-state index in [0.29, 0.717) is 11.8 Å². The molecule has 1 rings (SSSR count). The van der Waals surface area contributed by atoms with E-state index < -0.39 is 6.10 Å². The van der Waals surface area contributed by atoms with E-state index in [1.807, 2.05) is 14.1 Å². The van der Waals surface area contributed by atoms with Gasteiger partial charge in [-0.05, 0) is 0 Å². The second kappa shape index (κ2) is 3.51. The van der Waals surface area contributed by atoms with Crippen LogP contribution in [0.5, 0.6) is 0 Å². The van der Waals surface area contributed by atoms with Crippen molar-refractivity contribution >= 4 is 5.95 Å². The van der Waals surface area contributed by atoms with E-state index in [0.717, 1.165) is 0 Å². The second-order valence-electron chi connectivity index (χ2n) is 2.67. The zero-order valence-electron chi connectivity index (χ0n) is 7.15. The molecule has 0 spiro atoms. The van der Waals surface area contributed by atoms with Crippen LogP contribution in [0.2, 0.25) is 0 Å². The summed E-state index contributed by atoms with van der Waals surface area (Å²) >= 11 is 0. The van der Waals surface area contributed by atoms with Gasteiger partial charge in [-0.1, -0.05) is 0 Å². The van der Waals surface area contributed by atoms with Gasteiger partial charge in [0.05, 0.1) is 0 Å². The van der Waals surface area contributed by atoms with Crippen molar-refractivity contribution in [1.29, 1.82) is 0 Å². The lowest BCUT2D eigenvalue weighted by Gasteiger charge is -2.04. The highest BCUT2D eigenvalue weighted by Crippen LogP contribution is 2.08. The summed E-state index contributed by atoms with van der Waals surface area (Å²) in [5.41, 5.74) is 5.24. The van der Waals surface area contributed by atoms with Gasteiger partial charge in [0.2, 0.25) is 5.95 Å². The van der Waals surface area contributed by atoms with Gasteiger partial charge in [0.15, 0.2) is 5.82 Å². The van der Waals surface area contributed by atoms with Crippen LogP contribution in [0.25, 0.3) is 0 Å². The average molecular weight is 171 g/mol. The van der Waals surface area contributed by atoms with Gasteiger partial charge in [0, 0.05) is 20.6 Å². The van der Waals surface area contributed by atoms with Crippen molar-refractivity contribution in [2.24, 2.45) is 5.73 Å². The minimum atomic E-state index is -0.758. The predicted octanol–water partition coefficient (Wildman–Crippen LogP) is -1.14. The largest absolute Gasteiger partial charge is 0.384 e. The van der Waals surface area contributed by atoms with Crippen LogP contribution < -0.4 is 10.6 Å². The van der Waals surface area contributed by atoms with E-state index in [2.05, 4.69) is 15.2 Å². The first kappa shape index (κ1) is 8.95. The maximum atomic E-state index is 9.25. The van der Waals surface area contributed by atoms with Crippen LogP contribution in [0.1, 0.15) is 11.9 Å². The van der Waals surface area contributed by atoms with Gasteiger partial charge in [-0.3, -0.25) is 5.10 Å². The Morgan fingerprint density at radius 3 is 2.75 bits per heavy atom. The van der Waals surface area contributed by atoms with E-state index in [9.17, 15) is 5.11 Å². The smallest absolute Gasteiger partial charge is 0.244 e. The SMILES string of the molecule is CN(C)c1n[nH]c([C@@H](O)CN)n1. The van der Waals surface area contributed by atoms with Gasteiger partial charge in [-0.2, -0.15) is 4.98 Å². The van der Waals surface area contributed by atoms with Gasteiger partial charge in [0.1, 0.15) is 6.10 Å². The van der Waals surface area contributed by atoms with E-state index in [1.54, 1.807) is 4.90 Å². The van der Waals surface area contributed by atoms with Crippen LogP contribution >= 0.6 is 0 Å². The molecule has 0 bridgehead atoms. The van der Waals surface area contributed by atoms with Crippen molar-refractivity contribution in [3.05, 3.63) is 5.82 Å². The number of nitrogens with one attached hydrogen (secondary N) is 1. The Morgan fingerprint density at radius 2 is 2.33 bits per heavy atom. The van der Waals surface area contributed by atoms with E-state index in [4.69, 9.17) is 5.73 Å². The zero-order chi connectivity index (χ0) is 9.14. The quantitative estimate of drug-likeness (QED) is 0.535. The molecule has 0 aliphatic heterocycles. The highest BCUT2D eigenvalue weighted by Gasteiger charge is 2.11. The molecule has 1 aromatic rings. The topological polar surface area (TPSA) is 91.1 Å². The molecule has 0 aliphatic carbocycles. The molecule has 0 aromatic carbocycles. The van der Waals surface area contributed by atoms with Crippen LogP contribution in [-0.2, 0) is 0 Å². The van der Waals surface area contributed by atoms with Crippen molar-refractivity contribution in [3.63, 3.8) is 0 Å². The van der Waals surface area contributed by atoms with E-state index in [1.165, 1.54) is 0 Å². The molecule has 6 heteroatoms. The molecule has 12 heavy (non-hydrogen) atoms. The number of hydrogen-bond donors (Lipinski definition) is 3. The summed E-state index contributed by atoms with van der Waals surface area (Å²) in [6.07, 6.45) is -0.758. The fourth-order valence-electron chi connectivity index (χ4n) is 0.726. The lowest BCUT2D eigenvalue weighted by atomic mass is 10.3. The summed E-state index contributed by atoms with van der Waals surface area (Å²) in [5, 5.41) is 15.7. The number of aromatic nitrogens is 3. The maximum absolute atomic E-state index is 9.25. The maximum Gasteiger partial charge on any atom is 0.244 e. The van der Waals surface area contributed by atoms with Gasteiger partial charge < -0.3 is 15.7 Å². The van der Waals surface area contributed by atoms with Crippen LogP contribution in [0.4, 0.5) is 5.95 Å². The normalized spacial score (nSPS) is 13.0. The minimum Gasteiger partial charge on any atom is -0.384 e. The molecule has 0 radical (unpaired) electrons. The molecule has 0 saturated heterocycles. The van der Waals surface area contributed by atoms with Gasteiger partial charge >= 0.3 is 0 Å². The van der Waals surface area contributed by atoms with Crippen molar-refractivity contribution in [2.75, 3.05) is 25.5 Å². The fourth-order valence-corrected chi connectivity index (χ4v) is 0.726. The molecule has 4 N–H and O–H groups in total. The number of anilines is 1. The molecule has 0 fully saturated rings. The molecule has 6 nitrogen and oxygen atoms in total. The minimum absolute atomic E-state index is 0.141. The molecule has 1 aromatic heterocycles. The zero-order valence-corrected chi connectivity index (χ0v) is 7.15. The second-order valence-corrected chi connectivity index (χ2v) is 2.67. The molecule has 1 atom stereocenters. The third kappa shape index (κ3) is 1.72. The fraction of sp³-hybridized carbons (Fsp3) is 0.667. The third-order valence-electron chi connectivity index (χ3n) is 1.43. The number of aliphatic hydroxyl groups is 1. The Kier molecular flexibility index (Phi) is 2.61. The van der Waals surface area contributed by atoms with Crippen molar-refractivity contribution in [1.82, 2.24) is 15.2 Å². The molecule has 0 amide bonds. The number of nitrogens with zero attached hydrogens (tertiary/aromatic N) is 3. The Bertz CT molecular complexity index is 246. The number of aromatic amines is 1. The Labute approximate surface area is 70.4 Å². The van der Waals surface area contributed by atoms with Crippen LogP contribution in [0, 0.1) is 0 Å². The Balaban J connectivity index is 2.77. The first-order valence-electron chi connectivity index (χ1n) is 3.63. The van der Waals surface area contributed by atoms with E-state index in [-0.39, 0.29) is 6.54 Å². The van der Waals surface area contributed by atoms with Crippen LogP contribution in [-0.4, -0.2) is 40.9 Å². The number of rotatable bonds is 3. The summed E-state index contributed by atoms with van der Waals surface area (Å²) in [6.45, 7) is 0.141. The first-order chi connectivity index (χ1) is 5.65. The lowest BCUT2D eigenvalue weighted by Crippen LogP contribution is -2.13. The van der Waals surface area contributed by atoms with Crippen molar-refractivity contribution in [3.8, 4) is 0 Å². The number of aliphatic hydroxyl groups excluding tert-OH is 1. The average Bonchev–Trinajstić information content (AvgIpc) is 2.51. The van der Waals surface area contributed by atoms with Crippen molar-refractivity contribution < 1.29 is 5.11 Å². The monoisotopic (exact) mass is 171 g/mol. The summed E-state index contributed by atoms with van der Waals surface area (Å²) in [5.74, 6) is 0.943. The Morgan fingerprint density at radius 1 is 1.67 bits per heavy atom. The molecule has 0 unspecified atom stereocenters. The summed E-state index contributed by atoms with van der Waals surface area (Å²) in [7, 11) is 3.64. The standard InChI is InChI=1S/C6H13N5O/c1-11(2)6-8-5(9-10-6)4(12)3-7/h4,12H,3,7H2,1-2H3,(H,8,9,10)/t4-/m0/s1. The lowest BCUT2D eigenvalue weighted by molar-refractivity contribution is 0.177. The van der Waals surface area contributed by atoms with E-state index >= 15 is 0 Å². The number of hydrogen-bond acceptors (Lipinski definition) is 5. The van der Waals surface area contributed by atoms with Crippen molar-refractivity contribution in [2.45, 2.75) is 6.10 Å². The molecular weight excluding hydrogens is 158 g/mol. The predicted molar refractivity (Wildman–Crippen MR) is 44.7 cm³/mol. The summed E-state index contributed by atoms with van der Waals surface area (Å²) < 4.78 is 0. The highest BCUT2D eigenvalue weighted by atomic mass is 16.3. The van der Waals surface area contributed by atoms with Crippen LogP contribution in [0.3, 0.4) is 0 Å². The molecule has 68 valence electrons. The first-order valence-corrected chi connectivity index (χ1v) is 3.63. The third-order valence-corrected chi connectivity index (χ3v) is 1.43. The molecule has 0 saturated carbocycles. The van der Waals surface area contributed by atoms with Gasteiger partial charge in [-0.25, -0.2) is 0 Å². The summed E-state index contributed by atoms with van der Waals surface area (Å²) in [4.78, 5) is 5.75. The molecular formula is C6H13N5O. The van der Waals surface area contributed by atoms with Gasteiger partial charge in [0.25, 0.3) is 0 Å².